The molecule has 0 bridgehead atoms. The van der Waals surface area contributed by atoms with Crippen LogP contribution in [0.15, 0.2) is 67.3 Å². The highest BCUT2D eigenvalue weighted by Crippen LogP contribution is 2.33. The van der Waals surface area contributed by atoms with Crippen molar-refractivity contribution >= 4 is 50.6 Å². The van der Waals surface area contributed by atoms with Gasteiger partial charge in [-0.3, -0.25) is 9.36 Å². The molecular formula is C22H19BrN2O4S2. The van der Waals surface area contributed by atoms with Crippen molar-refractivity contribution in [3.05, 3.63) is 87.6 Å². The number of hydrogen-bond acceptors (Lipinski definition) is 7. The van der Waals surface area contributed by atoms with Crippen molar-refractivity contribution in [1.82, 2.24) is 4.57 Å². The molecule has 31 heavy (non-hydrogen) atoms. The Morgan fingerprint density at radius 3 is 2.84 bits per heavy atom. The Morgan fingerprint density at radius 1 is 1.29 bits per heavy atom. The number of rotatable bonds is 6. The largest absolute Gasteiger partial charge is 0.460 e. The maximum absolute atomic E-state index is 13.4. The van der Waals surface area contributed by atoms with E-state index in [1.165, 1.54) is 22.7 Å². The highest BCUT2D eigenvalue weighted by molar-refractivity contribution is 9.10. The third-order valence-electron chi connectivity index (χ3n) is 4.72. The van der Waals surface area contributed by atoms with Gasteiger partial charge in [0.1, 0.15) is 12.6 Å². The monoisotopic (exact) mass is 518 g/mol. The number of benzene rings is 1. The van der Waals surface area contributed by atoms with Crippen LogP contribution >= 0.6 is 38.6 Å². The summed E-state index contributed by atoms with van der Waals surface area (Å²) >= 11 is 6.26. The minimum atomic E-state index is -0.573. The van der Waals surface area contributed by atoms with Gasteiger partial charge in [-0.15, -0.1) is 11.3 Å². The fourth-order valence-corrected chi connectivity index (χ4v) is 5.63. The quantitative estimate of drug-likeness (QED) is 0.371. The number of ether oxygens (including phenoxy) is 2. The zero-order valence-electron chi connectivity index (χ0n) is 16.8. The molecule has 6 nitrogen and oxygen atoms in total. The summed E-state index contributed by atoms with van der Waals surface area (Å²) in [5, 5.41) is 1.93. The Labute approximate surface area is 194 Å². The lowest BCUT2D eigenvalue weighted by Crippen LogP contribution is -2.39. The molecule has 3 heterocycles. The van der Waals surface area contributed by atoms with Crippen LogP contribution in [0.3, 0.4) is 0 Å². The van der Waals surface area contributed by atoms with Gasteiger partial charge in [-0.05, 0) is 42.1 Å². The predicted molar refractivity (Wildman–Crippen MR) is 125 cm³/mol. The van der Waals surface area contributed by atoms with Crippen LogP contribution < -0.4 is 14.9 Å². The highest BCUT2D eigenvalue weighted by Gasteiger charge is 2.33. The zero-order chi connectivity index (χ0) is 22.0. The van der Waals surface area contributed by atoms with E-state index in [-0.39, 0.29) is 12.2 Å². The summed E-state index contributed by atoms with van der Waals surface area (Å²) in [6.45, 7) is 2.21. The summed E-state index contributed by atoms with van der Waals surface area (Å²) < 4.78 is 13.4. The van der Waals surface area contributed by atoms with Gasteiger partial charge in [-0.25, -0.2) is 9.79 Å². The van der Waals surface area contributed by atoms with Crippen molar-refractivity contribution in [2.45, 2.75) is 13.0 Å². The van der Waals surface area contributed by atoms with E-state index in [9.17, 15) is 9.59 Å². The number of aromatic nitrogens is 1. The molecule has 1 unspecified atom stereocenters. The SMILES string of the molecule is COCCOC(=O)C1=C(C)N=c2s/c(=C/c3cccc(Br)c3)c(=O)n2C1c1cccs1. The Hall–Kier alpha value is -2.33. The summed E-state index contributed by atoms with van der Waals surface area (Å²) in [4.78, 5) is 32.4. The van der Waals surface area contributed by atoms with Gasteiger partial charge in [0.25, 0.3) is 5.56 Å². The number of thiophene rings is 1. The standard InChI is InChI=1S/C22H19BrN2O4S2/c1-13-18(21(27)29-9-8-28-2)19(16-7-4-10-30-16)25-20(26)17(31-22(25)24-13)12-14-5-3-6-15(23)11-14/h3-7,10-12,19H,8-9H2,1-2H3/b17-12+. The highest BCUT2D eigenvalue weighted by atomic mass is 79.9. The normalized spacial score (nSPS) is 16.2. The second-order valence-corrected chi connectivity index (χ2v) is 9.68. The van der Waals surface area contributed by atoms with Crippen LogP contribution in [0.4, 0.5) is 0 Å². The first-order valence-corrected chi connectivity index (χ1v) is 12.0. The molecule has 0 aliphatic carbocycles. The van der Waals surface area contributed by atoms with Crippen molar-refractivity contribution in [1.29, 1.82) is 0 Å². The number of methoxy groups -OCH3 is 1. The molecule has 0 fully saturated rings. The minimum absolute atomic E-state index is 0.135. The number of allylic oxidation sites excluding steroid dienone is 1. The lowest BCUT2D eigenvalue weighted by Gasteiger charge is -2.23. The molecule has 2 aromatic heterocycles. The fraction of sp³-hybridized carbons (Fsp3) is 0.227. The van der Waals surface area contributed by atoms with Crippen LogP contribution in [-0.2, 0) is 14.3 Å². The molecule has 1 aliphatic rings. The van der Waals surface area contributed by atoms with Crippen molar-refractivity contribution in [2.75, 3.05) is 20.3 Å². The first-order valence-electron chi connectivity index (χ1n) is 9.47. The Kier molecular flexibility index (Phi) is 6.66. The number of carbonyl (C=O) groups excluding carboxylic acids is 1. The maximum atomic E-state index is 13.4. The average molecular weight is 519 g/mol. The molecule has 0 saturated carbocycles. The summed E-state index contributed by atoms with van der Waals surface area (Å²) in [6.07, 6.45) is 1.84. The van der Waals surface area contributed by atoms with E-state index in [1.807, 2.05) is 47.9 Å². The van der Waals surface area contributed by atoms with Gasteiger partial charge in [-0.2, -0.15) is 0 Å². The van der Waals surface area contributed by atoms with E-state index in [0.717, 1.165) is 14.9 Å². The van der Waals surface area contributed by atoms with Crippen LogP contribution in [0, 0.1) is 0 Å². The number of hydrogen-bond donors (Lipinski definition) is 0. The van der Waals surface area contributed by atoms with Gasteiger partial charge < -0.3 is 9.47 Å². The van der Waals surface area contributed by atoms with Crippen LogP contribution in [0.1, 0.15) is 23.4 Å². The summed E-state index contributed by atoms with van der Waals surface area (Å²) in [5.74, 6) is -0.488. The molecule has 9 heteroatoms. The molecule has 4 rings (SSSR count). The van der Waals surface area contributed by atoms with Crippen LogP contribution in [0.25, 0.3) is 6.08 Å². The molecule has 0 radical (unpaired) electrons. The van der Waals surface area contributed by atoms with Crippen molar-refractivity contribution in [3.8, 4) is 0 Å². The molecule has 0 amide bonds. The van der Waals surface area contributed by atoms with Crippen LogP contribution in [0.5, 0.6) is 0 Å². The number of carbonyl (C=O) groups is 1. The van der Waals surface area contributed by atoms with Crippen LogP contribution in [-0.4, -0.2) is 30.9 Å². The van der Waals surface area contributed by atoms with Gasteiger partial charge in [0, 0.05) is 16.5 Å². The second kappa shape index (κ2) is 9.44. The number of halogens is 1. The molecule has 3 aromatic rings. The van der Waals surface area contributed by atoms with E-state index in [0.29, 0.717) is 27.2 Å². The van der Waals surface area contributed by atoms with Crippen molar-refractivity contribution in [3.63, 3.8) is 0 Å². The third kappa shape index (κ3) is 4.50. The first-order chi connectivity index (χ1) is 15.0. The van der Waals surface area contributed by atoms with Crippen molar-refractivity contribution < 1.29 is 14.3 Å². The van der Waals surface area contributed by atoms with E-state index in [2.05, 4.69) is 20.9 Å². The van der Waals surface area contributed by atoms with Gasteiger partial charge in [-0.1, -0.05) is 45.5 Å². The average Bonchev–Trinajstić information content (AvgIpc) is 3.36. The molecule has 1 aliphatic heterocycles. The third-order valence-corrected chi connectivity index (χ3v) is 7.12. The Bertz CT molecular complexity index is 1320. The fourth-order valence-electron chi connectivity index (χ4n) is 3.34. The molecule has 0 spiro atoms. The van der Waals surface area contributed by atoms with E-state index >= 15 is 0 Å². The van der Waals surface area contributed by atoms with E-state index < -0.39 is 12.0 Å². The van der Waals surface area contributed by atoms with Crippen molar-refractivity contribution in [2.24, 2.45) is 4.99 Å². The lowest BCUT2D eigenvalue weighted by molar-refractivity contribution is -0.140. The molecule has 160 valence electrons. The van der Waals surface area contributed by atoms with Crippen LogP contribution in [0.2, 0.25) is 0 Å². The summed E-state index contributed by atoms with van der Waals surface area (Å²) in [7, 11) is 1.54. The number of thiazole rings is 1. The maximum Gasteiger partial charge on any atom is 0.338 e. The van der Waals surface area contributed by atoms with Gasteiger partial charge in [0.2, 0.25) is 0 Å². The molecule has 1 atom stereocenters. The summed E-state index contributed by atoms with van der Waals surface area (Å²) in [6, 6.07) is 11.0. The minimum Gasteiger partial charge on any atom is -0.460 e. The van der Waals surface area contributed by atoms with Gasteiger partial charge in [0.05, 0.1) is 22.4 Å². The predicted octanol–water partition coefficient (Wildman–Crippen LogP) is 3.25. The topological polar surface area (TPSA) is 69.9 Å². The molecule has 0 N–H and O–H groups in total. The number of nitrogens with zero attached hydrogens (tertiary/aromatic N) is 2. The Morgan fingerprint density at radius 2 is 2.13 bits per heavy atom. The first kappa shape index (κ1) is 21.9. The molecule has 1 aromatic carbocycles. The number of fused-ring (bicyclic) bond motifs is 1. The molecular weight excluding hydrogens is 500 g/mol. The van der Waals surface area contributed by atoms with E-state index in [1.54, 1.807) is 18.6 Å². The smallest absolute Gasteiger partial charge is 0.338 e. The second-order valence-electron chi connectivity index (χ2n) is 6.78. The summed E-state index contributed by atoms with van der Waals surface area (Å²) in [5.41, 5.74) is 1.65. The lowest BCUT2D eigenvalue weighted by atomic mass is 10.0. The zero-order valence-corrected chi connectivity index (χ0v) is 20.1. The van der Waals surface area contributed by atoms with Gasteiger partial charge >= 0.3 is 5.97 Å². The van der Waals surface area contributed by atoms with Gasteiger partial charge in [0.15, 0.2) is 4.80 Å². The Balaban J connectivity index is 1.86. The number of esters is 1. The van der Waals surface area contributed by atoms with E-state index in [4.69, 9.17) is 9.47 Å². The molecule has 0 saturated heterocycles.